The molecule has 1 aliphatic rings. The number of H-pyrrole nitrogens is 1. The van der Waals surface area contributed by atoms with E-state index in [4.69, 9.17) is 5.73 Å². The molecule has 3 heterocycles. The average Bonchev–Trinajstić information content (AvgIpc) is 2.59. The van der Waals surface area contributed by atoms with Gasteiger partial charge in [-0.25, -0.2) is 4.98 Å². The van der Waals surface area contributed by atoms with E-state index in [0.29, 0.717) is 5.82 Å². The maximum absolute atomic E-state index is 5.83. The average molecular weight is 231 g/mol. The van der Waals surface area contributed by atoms with Gasteiger partial charge < -0.3 is 5.73 Å². The molecule has 2 aromatic rings. The number of pyridine rings is 1. The molecule has 0 atom stereocenters. The van der Waals surface area contributed by atoms with Crippen LogP contribution in [-0.4, -0.2) is 32.7 Å². The first kappa shape index (κ1) is 10.5. The van der Waals surface area contributed by atoms with E-state index >= 15 is 0 Å². The predicted molar refractivity (Wildman–Crippen MR) is 67.6 cm³/mol. The molecule has 0 radical (unpaired) electrons. The molecule has 0 aliphatic carbocycles. The van der Waals surface area contributed by atoms with E-state index in [1.54, 1.807) is 0 Å². The molecule has 0 fully saturated rings. The molecule has 0 saturated heterocycles. The zero-order valence-electron chi connectivity index (χ0n) is 10.4. The number of anilines is 1. The third-order valence-corrected chi connectivity index (χ3v) is 3.78. The molecule has 0 bridgehead atoms. The summed E-state index contributed by atoms with van der Waals surface area (Å²) in [6.07, 6.45) is 0.946. The molecule has 2 aromatic heterocycles. The molecule has 0 saturated carbocycles. The Morgan fingerprint density at radius 3 is 3.00 bits per heavy atom. The van der Waals surface area contributed by atoms with Crippen LogP contribution in [0.2, 0.25) is 0 Å². The van der Waals surface area contributed by atoms with Gasteiger partial charge in [0.05, 0.1) is 5.39 Å². The zero-order valence-corrected chi connectivity index (χ0v) is 10.4. The Morgan fingerprint density at radius 2 is 2.24 bits per heavy atom. The minimum absolute atomic E-state index is 0.148. The third kappa shape index (κ3) is 1.50. The van der Waals surface area contributed by atoms with Crippen LogP contribution in [0, 0.1) is 0 Å². The van der Waals surface area contributed by atoms with Crippen LogP contribution in [-0.2, 0) is 13.0 Å². The third-order valence-electron chi connectivity index (χ3n) is 3.78. The predicted octanol–water partition coefficient (Wildman–Crippen LogP) is 1.31. The van der Waals surface area contributed by atoms with Gasteiger partial charge in [-0.1, -0.05) is 0 Å². The van der Waals surface area contributed by atoms with Gasteiger partial charge in [-0.2, -0.15) is 5.10 Å². The quantitative estimate of drug-likeness (QED) is 0.717. The number of nitrogens with zero attached hydrogens (tertiary/aromatic N) is 3. The second kappa shape index (κ2) is 3.20. The fourth-order valence-corrected chi connectivity index (χ4v) is 2.34. The summed E-state index contributed by atoms with van der Waals surface area (Å²) in [7, 11) is 2.14. The summed E-state index contributed by atoms with van der Waals surface area (Å²) in [5.74, 6) is 0.600. The smallest absolute Gasteiger partial charge is 0.183 e. The lowest BCUT2D eigenvalue weighted by atomic mass is 9.89. The molecule has 0 unspecified atom stereocenters. The Kier molecular flexibility index (Phi) is 1.98. The summed E-state index contributed by atoms with van der Waals surface area (Å²) in [6, 6.07) is 2.11. The highest BCUT2D eigenvalue weighted by Gasteiger charge is 2.31. The summed E-state index contributed by atoms with van der Waals surface area (Å²) < 4.78 is 0. The highest BCUT2D eigenvalue weighted by atomic mass is 15.2. The van der Waals surface area contributed by atoms with Crippen molar-refractivity contribution in [3.63, 3.8) is 0 Å². The summed E-state index contributed by atoms with van der Waals surface area (Å²) in [4.78, 5) is 6.96. The van der Waals surface area contributed by atoms with E-state index in [1.165, 1.54) is 5.56 Å². The molecule has 0 aromatic carbocycles. The van der Waals surface area contributed by atoms with Gasteiger partial charge >= 0.3 is 0 Å². The van der Waals surface area contributed by atoms with Gasteiger partial charge in [0.15, 0.2) is 5.65 Å². The number of aromatic nitrogens is 3. The standard InChI is InChI=1S/C12H17N5/c1-12(2)5-9-7(6-17(12)3)4-8-10(13)15-16-11(8)14-9/h4H,5-6H2,1-3H3,(H3,13,14,15,16). The Morgan fingerprint density at radius 1 is 1.47 bits per heavy atom. The van der Waals surface area contributed by atoms with Crippen LogP contribution in [0.3, 0.4) is 0 Å². The molecular formula is C12H17N5. The maximum Gasteiger partial charge on any atom is 0.183 e. The van der Waals surface area contributed by atoms with Gasteiger partial charge in [0.1, 0.15) is 5.82 Å². The van der Waals surface area contributed by atoms with Crippen molar-refractivity contribution in [2.75, 3.05) is 12.8 Å². The van der Waals surface area contributed by atoms with Crippen LogP contribution >= 0.6 is 0 Å². The van der Waals surface area contributed by atoms with E-state index < -0.39 is 0 Å². The zero-order chi connectivity index (χ0) is 12.2. The number of fused-ring (bicyclic) bond motifs is 2. The maximum atomic E-state index is 5.83. The molecule has 3 N–H and O–H groups in total. The number of hydrogen-bond acceptors (Lipinski definition) is 4. The molecule has 90 valence electrons. The number of nitrogens with one attached hydrogen (secondary N) is 1. The number of rotatable bonds is 0. The van der Waals surface area contributed by atoms with Crippen LogP contribution in [0.4, 0.5) is 5.82 Å². The molecule has 3 rings (SSSR count). The van der Waals surface area contributed by atoms with Gasteiger partial charge in [-0.05, 0) is 32.5 Å². The minimum atomic E-state index is 0.148. The van der Waals surface area contributed by atoms with Crippen LogP contribution in [0.1, 0.15) is 25.1 Å². The molecule has 0 amide bonds. The van der Waals surface area contributed by atoms with Gasteiger partial charge in [0.2, 0.25) is 0 Å². The van der Waals surface area contributed by atoms with Crippen LogP contribution in [0.5, 0.6) is 0 Å². The van der Waals surface area contributed by atoms with Crippen LogP contribution in [0.15, 0.2) is 6.07 Å². The summed E-state index contributed by atoms with van der Waals surface area (Å²) >= 11 is 0. The first-order valence-corrected chi connectivity index (χ1v) is 5.81. The number of nitrogen functional groups attached to an aromatic ring is 1. The molecule has 5 heteroatoms. The van der Waals surface area contributed by atoms with Crippen molar-refractivity contribution < 1.29 is 0 Å². The lowest BCUT2D eigenvalue weighted by Crippen LogP contribution is -2.46. The van der Waals surface area contributed by atoms with E-state index in [-0.39, 0.29) is 5.54 Å². The summed E-state index contributed by atoms with van der Waals surface area (Å²) in [5, 5.41) is 7.83. The largest absolute Gasteiger partial charge is 0.384 e. The number of likely N-dealkylation sites (N-methyl/N-ethyl adjacent to an activating group) is 1. The summed E-state index contributed by atoms with van der Waals surface area (Å²) in [5.41, 5.74) is 9.10. The lowest BCUT2D eigenvalue weighted by Gasteiger charge is -2.40. The second-order valence-corrected chi connectivity index (χ2v) is 5.45. The SMILES string of the molecule is CN1Cc2cc3c(N)[nH]nc3nc2CC1(C)C. The van der Waals surface area contributed by atoms with Crippen molar-refractivity contribution in [2.24, 2.45) is 0 Å². The van der Waals surface area contributed by atoms with E-state index in [1.807, 2.05) is 0 Å². The first-order chi connectivity index (χ1) is 7.97. The monoisotopic (exact) mass is 231 g/mol. The van der Waals surface area contributed by atoms with E-state index in [0.717, 1.165) is 29.7 Å². The summed E-state index contributed by atoms with van der Waals surface area (Å²) in [6.45, 7) is 5.39. The minimum Gasteiger partial charge on any atom is -0.384 e. The Balaban J connectivity index is 2.18. The van der Waals surface area contributed by atoms with Crippen molar-refractivity contribution in [3.8, 4) is 0 Å². The Hall–Kier alpha value is -1.62. The Bertz CT molecular complexity index is 584. The van der Waals surface area contributed by atoms with Crippen molar-refractivity contribution in [1.82, 2.24) is 20.1 Å². The molecular weight excluding hydrogens is 214 g/mol. The van der Waals surface area contributed by atoms with Crippen molar-refractivity contribution in [2.45, 2.75) is 32.4 Å². The van der Waals surface area contributed by atoms with Gasteiger partial charge in [0, 0.05) is 24.2 Å². The normalized spacial score (nSPS) is 19.5. The van der Waals surface area contributed by atoms with Crippen LogP contribution in [0.25, 0.3) is 11.0 Å². The van der Waals surface area contributed by atoms with Gasteiger partial charge in [-0.15, -0.1) is 0 Å². The number of hydrogen-bond donors (Lipinski definition) is 2. The van der Waals surface area contributed by atoms with Crippen LogP contribution < -0.4 is 5.73 Å². The second-order valence-electron chi connectivity index (χ2n) is 5.45. The first-order valence-electron chi connectivity index (χ1n) is 5.81. The topological polar surface area (TPSA) is 70.8 Å². The highest BCUT2D eigenvalue weighted by molar-refractivity contribution is 5.86. The number of aromatic amines is 1. The van der Waals surface area contributed by atoms with Crippen molar-refractivity contribution in [1.29, 1.82) is 0 Å². The van der Waals surface area contributed by atoms with Crippen molar-refractivity contribution >= 4 is 16.9 Å². The fraction of sp³-hybridized carbons (Fsp3) is 0.500. The molecule has 5 nitrogen and oxygen atoms in total. The Labute approximate surface area is 100 Å². The highest BCUT2D eigenvalue weighted by Crippen LogP contribution is 2.30. The van der Waals surface area contributed by atoms with Gasteiger partial charge in [0.25, 0.3) is 0 Å². The van der Waals surface area contributed by atoms with E-state index in [2.05, 4.69) is 47.0 Å². The molecule has 0 spiro atoms. The van der Waals surface area contributed by atoms with Crippen molar-refractivity contribution in [3.05, 3.63) is 17.3 Å². The number of nitrogens with two attached hydrogens (primary N) is 1. The van der Waals surface area contributed by atoms with Gasteiger partial charge in [-0.3, -0.25) is 10.00 Å². The molecule has 17 heavy (non-hydrogen) atoms. The van der Waals surface area contributed by atoms with E-state index in [9.17, 15) is 0 Å². The molecule has 1 aliphatic heterocycles. The fourth-order valence-electron chi connectivity index (χ4n) is 2.34. The lowest BCUT2D eigenvalue weighted by molar-refractivity contribution is 0.131.